The van der Waals surface area contributed by atoms with Gasteiger partial charge in [0.2, 0.25) is 0 Å². The topological polar surface area (TPSA) is 64.6 Å². The molecule has 0 fully saturated rings. The first-order valence-electron chi connectivity index (χ1n) is 7.65. The van der Waals surface area contributed by atoms with E-state index in [0.29, 0.717) is 11.4 Å². The lowest BCUT2D eigenvalue weighted by molar-refractivity contribution is -0.149. The van der Waals surface area contributed by atoms with Gasteiger partial charge in [-0.2, -0.15) is 0 Å². The molecule has 0 aliphatic carbocycles. The van der Waals surface area contributed by atoms with Gasteiger partial charge < -0.3 is 14.8 Å². The third-order valence-corrected chi connectivity index (χ3v) is 3.25. The highest BCUT2D eigenvalue weighted by atomic mass is 16.6. The Morgan fingerprint density at radius 2 is 1.50 bits per heavy atom. The van der Waals surface area contributed by atoms with Gasteiger partial charge >= 0.3 is 5.97 Å². The number of benzene rings is 2. The largest absolute Gasteiger partial charge is 0.482 e. The third-order valence-electron chi connectivity index (χ3n) is 3.25. The van der Waals surface area contributed by atoms with Crippen molar-refractivity contribution in [3.05, 3.63) is 59.2 Å². The van der Waals surface area contributed by atoms with Crippen molar-refractivity contribution in [2.75, 3.05) is 18.5 Å². The number of amides is 1. The molecular formula is C19H21NO4. The summed E-state index contributed by atoms with van der Waals surface area (Å²) in [5.74, 6) is -0.375. The van der Waals surface area contributed by atoms with E-state index < -0.39 is 11.9 Å². The predicted octanol–water partition coefficient (Wildman–Crippen LogP) is 3.17. The van der Waals surface area contributed by atoms with Gasteiger partial charge in [0.25, 0.3) is 5.91 Å². The molecule has 0 atom stereocenters. The number of hydrogen-bond acceptors (Lipinski definition) is 4. The summed E-state index contributed by atoms with van der Waals surface area (Å²) in [7, 11) is 0. The molecule has 0 saturated heterocycles. The average molecular weight is 327 g/mol. The van der Waals surface area contributed by atoms with Gasteiger partial charge in [0.1, 0.15) is 5.75 Å². The first-order chi connectivity index (χ1) is 11.4. The molecule has 126 valence electrons. The van der Waals surface area contributed by atoms with Crippen LogP contribution in [0.25, 0.3) is 0 Å². The molecule has 0 unspecified atom stereocenters. The minimum absolute atomic E-state index is 0.235. The SMILES string of the molecule is Cc1ccc(NC(=O)COC(=O)COc2cc(C)cc(C)c2)cc1. The van der Waals surface area contributed by atoms with E-state index in [0.717, 1.165) is 16.7 Å². The highest BCUT2D eigenvalue weighted by molar-refractivity contribution is 5.92. The maximum Gasteiger partial charge on any atom is 0.344 e. The molecule has 0 heterocycles. The van der Waals surface area contributed by atoms with Crippen LogP contribution in [0.4, 0.5) is 5.69 Å². The molecule has 2 aromatic rings. The van der Waals surface area contributed by atoms with E-state index in [1.54, 1.807) is 12.1 Å². The molecule has 0 bridgehead atoms. The number of aryl methyl sites for hydroxylation is 3. The molecular weight excluding hydrogens is 306 g/mol. The standard InChI is InChI=1S/C19H21NO4/c1-13-4-6-16(7-5-13)20-18(21)11-24-19(22)12-23-17-9-14(2)8-15(3)10-17/h4-10H,11-12H2,1-3H3,(H,20,21). The zero-order chi connectivity index (χ0) is 17.5. The van der Waals surface area contributed by atoms with Crippen LogP contribution >= 0.6 is 0 Å². The van der Waals surface area contributed by atoms with E-state index in [1.165, 1.54) is 0 Å². The lowest BCUT2D eigenvalue weighted by Gasteiger charge is -2.09. The maximum absolute atomic E-state index is 11.7. The van der Waals surface area contributed by atoms with Gasteiger partial charge in [0.05, 0.1) is 0 Å². The number of carbonyl (C=O) groups is 2. The Kier molecular flexibility index (Phi) is 5.95. The fraction of sp³-hybridized carbons (Fsp3) is 0.263. The second-order valence-corrected chi connectivity index (χ2v) is 5.69. The summed E-state index contributed by atoms with van der Waals surface area (Å²) in [5, 5.41) is 2.66. The van der Waals surface area contributed by atoms with Crippen LogP contribution in [0.15, 0.2) is 42.5 Å². The second-order valence-electron chi connectivity index (χ2n) is 5.69. The molecule has 24 heavy (non-hydrogen) atoms. The summed E-state index contributed by atoms with van der Waals surface area (Å²) < 4.78 is 10.3. The highest BCUT2D eigenvalue weighted by Gasteiger charge is 2.09. The first-order valence-corrected chi connectivity index (χ1v) is 7.65. The van der Waals surface area contributed by atoms with Crippen molar-refractivity contribution in [2.45, 2.75) is 20.8 Å². The zero-order valence-corrected chi connectivity index (χ0v) is 14.1. The normalized spacial score (nSPS) is 10.1. The number of esters is 1. The number of rotatable bonds is 6. The van der Waals surface area contributed by atoms with Gasteiger partial charge in [-0.1, -0.05) is 23.8 Å². The molecule has 5 nitrogen and oxygen atoms in total. The van der Waals surface area contributed by atoms with E-state index in [1.807, 2.05) is 51.1 Å². The minimum atomic E-state index is -0.590. The molecule has 2 rings (SSSR count). The van der Waals surface area contributed by atoms with Crippen molar-refractivity contribution in [3.63, 3.8) is 0 Å². The number of anilines is 1. The van der Waals surface area contributed by atoms with Crippen LogP contribution in [-0.2, 0) is 14.3 Å². The number of hydrogen-bond donors (Lipinski definition) is 1. The van der Waals surface area contributed by atoms with Crippen LogP contribution < -0.4 is 10.1 Å². The Morgan fingerprint density at radius 1 is 0.875 bits per heavy atom. The Labute approximate surface area is 141 Å². The van der Waals surface area contributed by atoms with Crippen molar-refractivity contribution in [1.29, 1.82) is 0 Å². The van der Waals surface area contributed by atoms with E-state index in [4.69, 9.17) is 9.47 Å². The fourth-order valence-electron chi connectivity index (χ4n) is 2.18. The fourth-order valence-corrected chi connectivity index (χ4v) is 2.18. The van der Waals surface area contributed by atoms with Gasteiger partial charge in [-0.25, -0.2) is 4.79 Å². The molecule has 2 aromatic carbocycles. The summed E-state index contributed by atoms with van der Waals surface area (Å²) in [6.07, 6.45) is 0. The molecule has 1 N–H and O–H groups in total. The van der Waals surface area contributed by atoms with E-state index in [9.17, 15) is 9.59 Å². The zero-order valence-electron chi connectivity index (χ0n) is 14.1. The van der Waals surface area contributed by atoms with Gasteiger partial charge in [0.15, 0.2) is 13.2 Å². The Morgan fingerprint density at radius 3 is 2.12 bits per heavy atom. The van der Waals surface area contributed by atoms with Crippen LogP contribution in [0.2, 0.25) is 0 Å². The Hall–Kier alpha value is -2.82. The number of nitrogens with one attached hydrogen (secondary N) is 1. The van der Waals surface area contributed by atoms with Gasteiger partial charge in [0, 0.05) is 5.69 Å². The van der Waals surface area contributed by atoms with Crippen LogP contribution in [0.5, 0.6) is 5.75 Å². The second kappa shape index (κ2) is 8.15. The monoisotopic (exact) mass is 327 g/mol. The Bertz CT molecular complexity index is 702. The summed E-state index contributed by atoms with van der Waals surface area (Å²) in [4.78, 5) is 23.4. The first kappa shape index (κ1) is 17.5. The van der Waals surface area contributed by atoms with Gasteiger partial charge in [-0.15, -0.1) is 0 Å². The van der Waals surface area contributed by atoms with Crippen molar-refractivity contribution in [2.24, 2.45) is 0 Å². The van der Waals surface area contributed by atoms with E-state index in [-0.39, 0.29) is 13.2 Å². The average Bonchev–Trinajstić information content (AvgIpc) is 2.52. The molecule has 0 aromatic heterocycles. The predicted molar refractivity (Wildman–Crippen MR) is 92.2 cm³/mol. The third kappa shape index (κ3) is 5.76. The van der Waals surface area contributed by atoms with Crippen molar-refractivity contribution < 1.29 is 19.1 Å². The summed E-state index contributed by atoms with van der Waals surface area (Å²) >= 11 is 0. The summed E-state index contributed by atoms with van der Waals surface area (Å²) in [6.45, 7) is 5.29. The molecule has 1 amide bonds. The van der Waals surface area contributed by atoms with Gasteiger partial charge in [-0.3, -0.25) is 4.79 Å². The summed E-state index contributed by atoms with van der Waals surface area (Å²) in [6, 6.07) is 13.0. The van der Waals surface area contributed by atoms with Crippen molar-refractivity contribution >= 4 is 17.6 Å². The summed E-state index contributed by atoms with van der Waals surface area (Å²) in [5.41, 5.74) is 3.86. The minimum Gasteiger partial charge on any atom is -0.482 e. The van der Waals surface area contributed by atoms with Crippen LogP contribution in [0.1, 0.15) is 16.7 Å². The Balaban J connectivity index is 1.74. The molecule has 0 spiro atoms. The maximum atomic E-state index is 11.7. The molecule has 0 saturated carbocycles. The quantitative estimate of drug-likeness (QED) is 0.828. The van der Waals surface area contributed by atoms with Crippen molar-refractivity contribution in [1.82, 2.24) is 0 Å². The smallest absolute Gasteiger partial charge is 0.344 e. The molecule has 0 radical (unpaired) electrons. The molecule has 0 aliphatic rings. The van der Waals surface area contributed by atoms with E-state index in [2.05, 4.69) is 5.32 Å². The van der Waals surface area contributed by atoms with Crippen LogP contribution in [0, 0.1) is 20.8 Å². The van der Waals surface area contributed by atoms with Gasteiger partial charge in [-0.05, 0) is 56.2 Å². The lowest BCUT2D eigenvalue weighted by Crippen LogP contribution is -2.23. The molecule has 0 aliphatic heterocycles. The van der Waals surface area contributed by atoms with Crippen molar-refractivity contribution in [3.8, 4) is 5.75 Å². The highest BCUT2D eigenvalue weighted by Crippen LogP contribution is 2.16. The van der Waals surface area contributed by atoms with Crippen LogP contribution in [-0.4, -0.2) is 25.1 Å². The number of ether oxygens (including phenoxy) is 2. The number of carbonyl (C=O) groups excluding carboxylic acids is 2. The lowest BCUT2D eigenvalue weighted by atomic mass is 10.1. The van der Waals surface area contributed by atoms with Crippen LogP contribution in [0.3, 0.4) is 0 Å². The van der Waals surface area contributed by atoms with E-state index >= 15 is 0 Å². The molecule has 5 heteroatoms.